The molecule has 0 aromatic carbocycles. The smallest absolute Gasteiger partial charge is 0.325 e. The zero-order chi connectivity index (χ0) is 12.8. The largest absolute Gasteiger partial charge is 0.465 e. The molecule has 0 atom stereocenters. The number of urea groups is 1. The number of esters is 1. The normalized spacial score (nSPS) is 15.2. The van der Waals surface area contributed by atoms with Crippen molar-refractivity contribution < 1.29 is 14.3 Å². The Balaban J connectivity index is 2.58. The van der Waals surface area contributed by atoms with Crippen LogP contribution in [0.3, 0.4) is 0 Å². The van der Waals surface area contributed by atoms with E-state index >= 15 is 0 Å². The lowest BCUT2D eigenvalue weighted by atomic mass is 10.3. The number of ether oxygens (including phenoxy) is 1. The van der Waals surface area contributed by atoms with Gasteiger partial charge >= 0.3 is 12.0 Å². The van der Waals surface area contributed by atoms with Crippen LogP contribution in [0.15, 0.2) is 0 Å². The van der Waals surface area contributed by atoms with E-state index in [1.807, 2.05) is 13.8 Å². The van der Waals surface area contributed by atoms with Crippen molar-refractivity contribution in [2.45, 2.75) is 39.7 Å². The molecule has 0 aromatic rings. The quantitative estimate of drug-likeness (QED) is 0.702. The molecule has 1 aliphatic heterocycles. The number of hydrogen-bond donors (Lipinski definition) is 0. The third-order valence-electron chi connectivity index (χ3n) is 2.85. The summed E-state index contributed by atoms with van der Waals surface area (Å²) in [6, 6.07) is -0.0435. The van der Waals surface area contributed by atoms with E-state index in [-0.39, 0.29) is 24.6 Å². The molecule has 1 rings (SSSR count). The van der Waals surface area contributed by atoms with Gasteiger partial charge in [0.05, 0.1) is 6.61 Å². The van der Waals surface area contributed by atoms with Crippen LogP contribution in [0.25, 0.3) is 0 Å². The van der Waals surface area contributed by atoms with Gasteiger partial charge in [-0.25, -0.2) is 4.79 Å². The maximum Gasteiger partial charge on any atom is 0.325 e. The molecule has 0 radical (unpaired) electrons. The highest BCUT2D eigenvalue weighted by Crippen LogP contribution is 2.12. The Morgan fingerprint density at radius 1 is 1.29 bits per heavy atom. The summed E-state index contributed by atoms with van der Waals surface area (Å²) in [5.41, 5.74) is 0. The highest BCUT2D eigenvalue weighted by Gasteiger charge is 2.27. The summed E-state index contributed by atoms with van der Waals surface area (Å²) in [4.78, 5) is 27.0. The molecular formula is C12H22N2O3. The predicted molar refractivity (Wildman–Crippen MR) is 64.7 cm³/mol. The Morgan fingerprint density at radius 2 is 1.88 bits per heavy atom. The van der Waals surface area contributed by atoms with E-state index < -0.39 is 0 Å². The number of hydrogen-bond acceptors (Lipinski definition) is 3. The monoisotopic (exact) mass is 242 g/mol. The molecule has 2 amide bonds. The Labute approximate surface area is 103 Å². The van der Waals surface area contributed by atoms with Crippen molar-refractivity contribution in [3.63, 3.8) is 0 Å². The van der Waals surface area contributed by atoms with Crippen LogP contribution in [0.1, 0.15) is 33.6 Å². The Hall–Kier alpha value is -1.26. The number of rotatable bonds is 4. The second-order valence-electron chi connectivity index (χ2n) is 4.50. The summed E-state index contributed by atoms with van der Waals surface area (Å²) in [6.07, 6.45) is 2.11. The zero-order valence-electron chi connectivity index (χ0n) is 10.9. The van der Waals surface area contributed by atoms with Gasteiger partial charge in [0.1, 0.15) is 6.54 Å². The van der Waals surface area contributed by atoms with Crippen LogP contribution in [0.4, 0.5) is 4.79 Å². The van der Waals surface area contributed by atoms with Crippen molar-refractivity contribution in [3.05, 3.63) is 0 Å². The summed E-state index contributed by atoms with van der Waals surface area (Å²) in [5, 5.41) is 0. The van der Waals surface area contributed by atoms with Crippen LogP contribution >= 0.6 is 0 Å². The lowest BCUT2D eigenvalue weighted by molar-refractivity contribution is -0.144. The number of carbonyl (C=O) groups is 2. The minimum atomic E-state index is -0.339. The first kappa shape index (κ1) is 13.8. The van der Waals surface area contributed by atoms with Crippen LogP contribution in [-0.4, -0.2) is 54.1 Å². The first-order valence-corrected chi connectivity index (χ1v) is 6.27. The fourth-order valence-corrected chi connectivity index (χ4v) is 1.91. The Morgan fingerprint density at radius 3 is 2.35 bits per heavy atom. The van der Waals surface area contributed by atoms with Gasteiger partial charge in [-0.3, -0.25) is 4.79 Å². The minimum absolute atomic E-state index is 0.00695. The average Bonchev–Trinajstić information content (AvgIpc) is 2.78. The summed E-state index contributed by atoms with van der Waals surface area (Å²) in [6.45, 7) is 7.57. The van der Waals surface area contributed by atoms with Crippen molar-refractivity contribution in [2.24, 2.45) is 0 Å². The second kappa shape index (κ2) is 6.47. The maximum absolute atomic E-state index is 12.2. The van der Waals surface area contributed by atoms with Crippen molar-refractivity contribution in [1.82, 2.24) is 9.80 Å². The zero-order valence-corrected chi connectivity index (χ0v) is 10.9. The fourth-order valence-electron chi connectivity index (χ4n) is 1.91. The van der Waals surface area contributed by atoms with Gasteiger partial charge in [-0.2, -0.15) is 0 Å². The molecule has 5 nitrogen and oxygen atoms in total. The molecule has 0 saturated carbocycles. The molecule has 0 aromatic heterocycles. The standard InChI is InChI=1S/C12H22N2O3/c1-4-17-11(15)9-14(10(2)3)12(16)13-7-5-6-8-13/h10H,4-9H2,1-3H3. The van der Waals surface area contributed by atoms with E-state index in [1.54, 1.807) is 16.7 Å². The molecule has 0 bridgehead atoms. The van der Waals surface area contributed by atoms with E-state index in [1.165, 1.54) is 0 Å². The fraction of sp³-hybridized carbons (Fsp3) is 0.833. The van der Waals surface area contributed by atoms with Gasteiger partial charge in [-0.15, -0.1) is 0 Å². The molecule has 0 N–H and O–H groups in total. The predicted octanol–water partition coefficient (Wildman–Crippen LogP) is 1.48. The topological polar surface area (TPSA) is 49.9 Å². The number of carbonyl (C=O) groups excluding carboxylic acids is 2. The van der Waals surface area contributed by atoms with Crippen molar-refractivity contribution in [1.29, 1.82) is 0 Å². The first-order chi connectivity index (χ1) is 8.06. The molecule has 98 valence electrons. The highest BCUT2D eigenvalue weighted by atomic mass is 16.5. The van der Waals surface area contributed by atoms with Crippen molar-refractivity contribution in [3.8, 4) is 0 Å². The molecule has 17 heavy (non-hydrogen) atoms. The van der Waals surface area contributed by atoms with Crippen molar-refractivity contribution >= 4 is 12.0 Å². The average molecular weight is 242 g/mol. The summed E-state index contributed by atoms with van der Waals surface area (Å²) >= 11 is 0. The Kier molecular flexibility index (Phi) is 5.25. The van der Waals surface area contributed by atoms with E-state index in [0.717, 1.165) is 25.9 Å². The molecule has 0 spiro atoms. The first-order valence-electron chi connectivity index (χ1n) is 6.27. The maximum atomic E-state index is 12.2. The van der Waals surface area contributed by atoms with Crippen LogP contribution in [-0.2, 0) is 9.53 Å². The van der Waals surface area contributed by atoms with Gasteiger partial charge in [0.25, 0.3) is 0 Å². The lowest BCUT2D eigenvalue weighted by Crippen LogP contribution is -2.47. The van der Waals surface area contributed by atoms with Crippen LogP contribution in [0.2, 0.25) is 0 Å². The molecule has 0 unspecified atom stereocenters. The van der Waals surface area contributed by atoms with Crippen molar-refractivity contribution in [2.75, 3.05) is 26.2 Å². The molecule has 1 aliphatic rings. The third-order valence-corrected chi connectivity index (χ3v) is 2.85. The van der Waals surface area contributed by atoms with E-state index in [9.17, 15) is 9.59 Å². The Bertz CT molecular complexity index is 273. The van der Waals surface area contributed by atoms with Gasteiger partial charge in [0.15, 0.2) is 0 Å². The van der Waals surface area contributed by atoms with Gasteiger partial charge in [0.2, 0.25) is 0 Å². The number of likely N-dealkylation sites (tertiary alicyclic amines) is 1. The summed E-state index contributed by atoms with van der Waals surface area (Å²) in [7, 11) is 0. The minimum Gasteiger partial charge on any atom is -0.465 e. The van der Waals surface area contributed by atoms with Crippen LogP contribution in [0, 0.1) is 0 Å². The molecular weight excluding hydrogens is 220 g/mol. The lowest BCUT2D eigenvalue weighted by Gasteiger charge is -2.30. The number of amides is 2. The second-order valence-corrected chi connectivity index (χ2v) is 4.50. The molecule has 1 heterocycles. The summed E-state index contributed by atoms with van der Waals surface area (Å²) < 4.78 is 4.88. The van der Waals surface area contributed by atoms with Gasteiger partial charge in [0, 0.05) is 19.1 Å². The molecule has 1 saturated heterocycles. The van der Waals surface area contributed by atoms with E-state index in [0.29, 0.717) is 6.61 Å². The highest BCUT2D eigenvalue weighted by molar-refractivity contribution is 5.81. The van der Waals surface area contributed by atoms with Crippen LogP contribution < -0.4 is 0 Å². The summed E-state index contributed by atoms with van der Waals surface area (Å²) in [5.74, 6) is -0.339. The number of nitrogens with zero attached hydrogens (tertiary/aromatic N) is 2. The molecule has 1 fully saturated rings. The SMILES string of the molecule is CCOC(=O)CN(C(=O)N1CCCC1)C(C)C. The van der Waals surface area contributed by atoms with Gasteiger partial charge < -0.3 is 14.5 Å². The van der Waals surface area contributed by atoms with Crippen LogP contribution in [0.5, 0.6) is 0 Å². The third kappa shape index (κ3) is 3.91. The van der Waals surface area contributed by atoms with E-state index in [4.69, 9.17) is 4.74 Å². The van der Waals surface area contributed by atoms with Gasteiger partial charge in [-0.1, -0.05) is 0 Å². The van der Waals surface area contributed by atoms with Gasteiger partial charge in [-0.05, 0) is 33.6 Å². The molecule has 0 aliphatic carbocycles. The van der Waals surface area contributed by atoms with E-state index in [2.05, 4.69) is 0 Å². The molecule has 5 heteroatoms.